The molecule has 1 aliphatic heterocycles. The smallest absolute Gasteiger partial charge is 0.164 e. The fraction of sp³-hybridized carbons (Fsp3) is 0.533. The number of carbonyl (C=O) groups excluding carboxylic acids is 1. The van der Waals surface area contributed by atoms with E-state index in [0.29, 0.717) is 18.0 Å². The number of aromatic hydroxyl groups is 1. The zero-order valence-corrected chi connectivity index (χ0v) is 10.9. The Kier molecular flexibility index (Phi) is 4.37. The molecular weight excluding hydrogens is 226 g/mol. The van der Waals surface area contributed by atoms with Crippen molar-refractivity contribution in [3.8, 4) is 5.75 Å². The molecule has 1 fully saturated rings. The number of hydrogen-bond acceptors (Lipinski definition) is 3. The molecule has 0 aromatic heterocycles. The van der Waals surface area contributed by atoms with E-state index >= 15 is 0 Å². The normalized spacial score (nSPS) is 20.8. The highest BCUT2D eigenvalue weighted by Crippen LogP contribution is 2.17. The van der Waals surface area contributed by atoms with Crippen molar-refractivity contribution in [2.75, 3.05) is 13.1 Å². The van der Waals surface area contributed by atoms with Gasteiger partial charge in [0.25, 0.3) is 0 Å². The highest BCUT2D eigenvalue weighted by Gasteiger charge is 2.18. The number of phenols is 1. The molecule has 1 atom stereocenters. The second-order valence-corrected chi connectivity index (χ2v) is 5.10. The molecule has 1 heterocycles. The summed E-state index contributed by atoms with van der Waals surface area (Å²) in [5.74, 6) is 0.365. The van der Waals surface area contributed by atoms with Crippen LogP contribution in [0.4, 0.5) is 0 Å². The van der Waals surface area contributed by atoms with E-state index in [4.69, 9.17) is 0 Å². The van der Waals surface area contributed by atoms with Gasteiger partial charge in [-0.1, -0.05) is 6.42 Å². The molecule has 0 spiro atoms. The molecule has 0 aliphatic carbocycles. The van der Waals surface area contributed by atoms with Crippen LogP contribution in [-0.4, -0.2) is 34.9 Å². The van der Waals surface area contributed by atoms with Crippen molar-refractivity contribution in [3.05, 3.63) is 29.8 Å². The van der Waals surface area contributed by atoms with Gasteiger partial charge in [-0.25, -0.2) is 0 Å². The Balaban J connectivity index is 1.86. The summed E-state index contributed by atoms with van der Waals surface area (Å²) in [6, 6.07) is 7.12. The van der Waals surface area contributed by atoms with Crippen molar-refractivity contribution in [3.63, 3.8) is 0 Å². The topological polar surface area (TPSA) is 40.5 Å². The van der Waals surface area contributed by atoms with Crippen molar-refractivity contribution in [2.24, 2.45) is 0 Å². The van der Waals surface area contributed by atoms with E-state index in [1.54, 1.807) is 24.3 Å². The summed E-state index contributed by atoms with van der Waals surface area (Å²) in [6.45, 7) is 4.20. The second-order valence-electron chi connectivity index (χ2n) is 5.10. The van der Waals surface area contributed by atoms with Gasteiger partial charge in [0, 0.05) is 24.6 Å². The molecule has 0 radical (unpaired) electrons. The Morgan fingerprint density at radius 1 is 1.33 bits per heavy atom. The average Bonchev–Trinajstić information content (AvgIpc) is 2.38. The molecule has 1 aromatic carbocycles. The van der Waals surface area contributed by atoms with Gasteiger partial charge < -0.3 is 10.0 Å². The Hall–Kier alpha value is -1.35. The summed E-state index contributed by atoms with van der Waals surface area (Å²) in [6.07, 6.45) is 4.36. The molecule has 1 aliphatic rings. The largest absolute Gasteiger partial charge is 0.508 e. The average molecular weight is 247 g/mol. The third kappa shape index (κ3) is 3.33. The summed E-state index contributed by atoms with van der Waals surface area (Å²) in [7, 11) is 0. The van der Waals surface area contributed by atoms with Gasteiger partial charge in [-0.3, -0.25) is 4.79 Å². The summed E-state index contributed by atoms with van der Waals surface area (Å²) in [4.78, 5) is 14.4. The number of phenolic OH excluding ortho intramolecular Hbond substituents is 1. The highest BCUT2D eigenvalue weighted by molar-refractivity contribution is 5.96. The van der Waals surface area contributed by atoms with Crippen LogP contribution in [0.5, 0.6) is 5.75 Å². The molecule has 98 valence electrons. The van der Waals surface area contributed by atoms with E-state index in [-0.39, 0.29) is 11.5 Å². The number of ketones is 1. The van der Waals surface area contributed by atoms with Gasteiger partial charge in [0.2, 0.25) is 0 Å². The minimum atomic E-state index is 0.160. The summed E-state index contributed by atoms with van der Waals surface area (Å²) in [5.41, 5.74) is 0.692. The molecule has 1 aromatic rings. The van der Waals surface area contributed by atoms with Crippen LogP contribution in [0.3, 0.4) is 0 Å². The predicted molar refractivity (Wildman–Crippen MR) is 71.9 cm³/mol. The molecule has 0 saturated carbocycles. The van der Waals surface area contributed by atoms with E-state index in [1.165, 1.54) is 19.3 Å². The van der Waals surface area contributed by atoms with E-state index in [0.717, 1.165) is 13.1 Å². The first-order valence-corrected chi connectivity index (χ1v) is 6.73. The molecule has 1 N–H and O–H groups in total. The zero-order valence-electron chi connectivity index (χ0n) is 10.9. The molecule has 18 heavy (non-hydrogen) atoms. The number of benzene rings is 1. The Morgan fingerprint density at radius 2 is 2.06 bits per heavy atom. The number of hydrogen-bond donors (Lipinski definition) is 1. The number of Topliss-reactive ketones (excluding diaryl/α,β-unsaturated/α-hetero) is 1. The van der Waals surface area contributed by atoms with Crippen LogP contribution in [0.25, 0.3) is 0 Å². The van der Waals surface area contributed by atoms with Crippen molar-refractivity contribution < 1.29 is 9.90 Å². The Morgan fingerprint density at radius 3 is 2.72 bits per heavy atom. The molecule has 3 heteroatoms. The maximum absolute atomic E-state index is 12.0. The lowest BCUT2D eigenvalue weighted by molar-refractivity contribution is 0.0935. The fourth-order valence-corrected chi connectivity index (χ4v) is 2.53. The SMILES string of the molecule is CC1CCCCN1CCC(=O)c1ccc(O)cc1. The van der Waals surface area contributed by atoms with Crippen molar-refractivity contribution in [1.82, 2.24) is 4.90 Å². The van der Waals surface area contributed by atoms with Crippen LogP contribution < -0.4 is 0 Å². The molecule has 0 bridgehead atoms. The predicted octanol–water partition coefficient (Wildman–Crippen LogP) is 2.84. The highest BCUT2D eigenvalue weighted by atomic mass is 16.3. The number of likely N-dealkylation sites (tertiary alicyclic amines) is 1. The van der Waals surface area contributed by atoms with Crippen LogP contribution in [0.15, 0.2) is 24.3 Å². The molecule has 2 rings (SSSR count). The van der Waals surface area contributed by atoms with Gasteiger partial charge in [0.1, 0.15) is 5.75 Å². The number of nitrogens with zero attached hydrogens (tertiary/aromatic N) is 1. The van der Waals surface area contributed by atoms with Gasteiger partial charge >= 0.3 is 0 Å². The standard InChI is InChI=1S/C15H21NO2/c1-12-4-2-3-10-16(12)11-9-15(18)13-5-7-14(17)8-6-13/h5-8,12,17H,2-4,9-11H2,1H3. The monoisotopic (exact) mass is 247 g/mol. The minimum absolute atomic E-state index is 0.160. The Bertz CT molecular complexity index is 399. The number of carbonyl (C=O) groups is 1. The lowest BCUT2D eigenvalue weighted by Crippen LogP contribution is -2.38. The maximum atomic E-state index is 12.0. The molecule has 0 amide bonds. The van der Waals surface area contributed by atoms with E-state index in [9.17, 15) is 9.90 Å². The lowest BCUT2D eigenvalue weighted by atomic mass is 10.0. The second kappa shape index (κ2) is 6.01. The van der Waals surface area contributed by atoms with Crippen LogP contribution >= 0.6 is 0 Å². The quantitative estimate of drug-likeness (QED) is 0.832. The minimum Gasteiger partial charge on any atom is -0.508 e. The summed E-state index contributed by atoms with van der Waals surface area (Å²) in [5, 5.41) is 9.19. The first-order valence-electron chi connectivity index (χ1n) is 6.73. The maximum Gasteiger partial charge on any atom is 0.164 e. The van der Waals surface area contributed by atoms with Gasteiger partial charge in [0.15, 0.2) is 5.78 Å². The van der Waals surface area contributed by atoms with Crippen molar-refractivity contribution in [1.29, 1.82) is 0 Å². The van der Waals surface area contributed by atoms with Crippen LogP contribution in [0.2, 0.25) is 0 Å². The summed E-state index contributed by atoms with van der Waals surface area (Å²) < 4.78 is 0. The lowest BCUT2D eigenvalue weighted by Gasteiger charge is -2.33. The Labute approximate surface area is 108 Å². The fourth-order valence-electron chi connectivity index (χ4n) is 2.53. The van der Waals surface area contributed by atoms with Crippen LogP contribution in [0, 0.1) is 0 Å². The van der Waals surface area contributed by atoms with Crippen molar-refractivity contribution >= 4 is 5.78 Å². The molecule has 1 saturated heterocycles. The van der Waals surface area contributed by atoms with Gasteiger partial charge in [0.05, 0.1) is 0 Å². The van der Waals surface area contributed by atoms with Gasteiger partial charge in [-0.2, -0.15) is 0 Å². The first kappa shape index (κ1) is 13.1. The van der Waals surface area contributed by atoms with E-state index in [2.05, 4.69) is 11.8 Å². The summed E-state index contributed by atoms with van der Waals surface area (Å²) >= 11 is 0. The van der Waals surface area contributed by atoms with Gasteiger partial charge in [-0.15, -0.1) is 0 Å². The molecular formula is C15H21NO2. The first-order chi connectivity index (χ1) is 8.66. The van der Waals surface area contributed by atoms with Crippen LogP contribution in [0.1, 0.15) is 43.0 Å². The third-order valence-corrected chi connectivity index (χ3v) is 3.76. The number of piperidine rings is 1. The molecule has 1 unspecified atom stereocenters. The third-order valence-electron chi connectivity index (χ3n) is 3.76. The van der Waals surface area contributed by atoms with Gasteiger partial charge in [-0.05, 0) is 50.6 Å². The van der Waals surface area contributed by atoms with Crippen molar-refractivity contribution in [2.45, 2.75) is 38.6 Å². The van der Waals surface area contributed by atoms with Crippen LogP contribution in [-0.2, 0) is 0 Å². The zero-order chi connectivity index (χ0) is 13.0. The van der Waals surface area contributed by atoms with E-state index < -0.39 is 0 Å². The van der Waals surface area contributed by atoms with E-state index in [1.807, 2.05) is 0 Å². The number of rotatable bonds is 4. The molecule has 3 nitrogen and oxygen atoms in total.